The van der Waals surface area contributed by atoms with Crippen molar-refractivity contribution in [2.75, 3.05) is 40.3 Å². The first-order valence-electron chi connectivity index (χ1n) is 17.7. The molecule has 0 aromatic heterocycles. The Labute approximate surface area is 257 Å². The minimum atomic E-state index is -1.18. The minimum absolute atomic E-state index is 0.0307. The molecule has 0 bridgehead atoms. The van der Waals surface area contributed by atoms with Crippen molar-refractivity contribution in [3.8, 4) is 0 Å². The number of likely N-dealkylation sites (tertiary alicyclic amines) is 2. The molecule has 43 heavy (non-hydrogen) atoms. The highest BCUT2D eigenvalue weighted by Crippen LogP contribution is 2.50. The lowest BCUT2D eigenvalue weighted by Gasteiger charge is -2.61. The van der Waals surface area contributed by atoms with Gasteiger partial charge < -0.3 is 30.1 Å². The largest absolute Gasteiger partial charge is 0.369 e. The molecule has 11 atom stereocenters. The van der Waals surface area contributed by atoms with Crippen LogP contribution in [-0.4, -0.2) is 115 Å². The summed E-state index contributed by atoms with van der Waals surface area (Å²) in [5.74, 6) is 0.126. The Morgan fingerprint density at radius 3 is 2.37 bits per heavy atom. The number of morpholine rings is 1. The zero-order valence-electron chi connectivity index (χ0n) is 26.4. The SMILES string of the molecule is CN1CCCC1CCNC(=O)C1=CN2C3CCC4CCCCC4C3OC3C(NCCC4CCCN4C)C(F)CC(C1=O)C32. The average Bonchev–Trinajstić information content (AvgIpc) is 3.62. The van der Waals surface area contributed by atoms with Crippen molar-refractivity contribution < 1.29 is 18.7 Å². The fraction of sp³-hybridized carbons (Fsp3) is 0.882. The summed E-state index contributed by atoms with van der Waals surface area (Å²) < 4.78 is 23.3. The Kier molecular flexibility index (Phi) is 8.89. The number of carbonyl (C=O) groups is 2. The number of ether oxygens (including phenoxy) is 1. The normalized spacial score (nSPS) is 43.1. The number of nitrogens with zero attached hydrogens (tertiary/aromatic N) is 3. The van der Waals surface area contributed by atoms with Gasteiger partial charge in [0.2, 0.25) is 0 Å². The van der Waals surface area contributed by atoms with Crippen LogP contribution in [0, 0.1) is 17.8 Å². The van der Waals surface area contributed by atoms with Gasteiger partial charge in [-0.15, -0.1) is 0 Å². The molecule has 0 spiro atoms. The number of alkyl halides is 1. The summed E-state index contributed by atoms with van der Waals surface area (Å²) in [6.07, 6.45) is 14.3. The van der Waals surface area contributed by atoms with Crippen molar-refractivity contribution in [3.05, 3.63) is 11.8 Å². The zero-order valence-corrected chi connectivity index (χ0v) is 26.4. The standard InChI is InChI=1S/C34H54FN5O3/c1-38-17-5-8-22(38)13-15-36-29-27(35)19-25-30-33(29)43-32-24-10-4-3-7-21(24)11-12-28(32)40(30)20-26(31(25)41)34(42)37-16-14-23-9-6-18-39(23)2/h20-25,27-30,32-33,36H,3-19H2,1-2H3,(H,37,42). The molecular formula is C34H54FN5O3. The molecule has 7 aliphatic rings. The third-order valence-corrected chi connectivity index (χ3v) is 12.7. The molecule has 4 aliphatic heterocycles. The predicted molar refractivity (Wildman–Crippen MR) is 164 cm³/mol. The number of hydrogen-bond donors (Lipinski definition) is 2. The summed E-state index contributed by atoms with van der Waals surface area (Å²) in [5.41, 5.74) is 0.231. The van der Waals surface area contributed by atoms with Gasteiger partial charge in [-0.25, -0.2) is 4.39 Å². The van der Waals surface area contributed by atoms with Crippen LogP contribution < -0.4 is 10.6 Å². The lowest BCUT2D eigenvalue weighted by molar-refractivity contribution is -0.220. The molecule has 11 unspecified atom stereocenters. The number of nitrogens with one attached hydrogen (secondary N) is 2. The van der Waals surface area contributed by atoms with Gasteiger partial charge in [-0.1, -0.05) is 19.3 Å². The zero-order chi connectivity index (χ0) is 29.7. The maximum Gasteiger partial charge on any atom is 0.256 e. The van der Waals surface area contributed by atoms with Gasteiger partial charge in [0.25, 0.3) is 5.91 Å². The van der Waals surface area contributed by atoms with Crippen molar-refractivity contribution in [1.82, 2.24) is 25.3 Å². The molecule has 3 aliphatic carbocycles. The van der Waals surface area contributed by atoms with Crippen molar-refractivity contribution in [2.45, 2.75) is 132 Å². The quantitative estimate of drug-likeness (QED) is 0.415. The van der Waals surface area contributed by atoms with Gasteiger partial charge in [-0.2, -0.15) is 0 Å². The number of fused-ring (bicyclic) bond motifs is 4. The van der Waals surface area contributed by atoms with E-state index >= 15 is 4.39 Å². The number of rotatable bonds is 8. The molecule has 9 heteroatoms. The summed E-state index contributed by atoms with van der Waals surface area (Å²) in [7, 11) is 4.33. The Morgan fingerprint density at radius 2 is 1.65 bits per heavy atom. The molecule has 4 heterocycles. The molecule has 0 radical (unpaired) electrons. The first kappa shape index (κ1) is 30.1. The van der Waals surface area contributed by atoms with Crippen LogP contribution in [0.2, 0.25) is 0 Å². The number of Topliss-reactive ketones (excluding diaryl/α,β-unsaturated/α-hetero) is 1. The second-order valence-corrected chi connectivity index (χ2v) is 15.0. The van der Waals surface area contributed by atoms with Crippen LogP contribution >= 0.6 is 0 Å². The lowest BCUT2D eigenvalue weighted by Crippen LogP contribution is -2.74. The molecule has 0 aromatic rings. The molecule has 240 valence electrons. The van der Waals surface area contributed by atoms with E-state index < -0.39 is 18.1 Å². The summed E-state index contributed by atoms with van der Waals surface area (Å²) in [4.78, 5) is 34.6. The van der Waals surface area contributed by atoms with Crippen molar-refractivity contribution in [1.29, 1.82) is 0 Å². The van der Waals surface area contributed by atoms with Crippen molar-refractivity contribution >= 4 is 11.7 Å². The van der Waals surface area contributed by atoms with Crippen LogP contribution in [0.1, 0.15) is 83.5 Å². The predicted octanol–water partition coefficient (Wildman–Crippen LogP) is 3.26. The summed E-state index contributed by atoms with van der Waals surface area (Å²) in [6, 6.07) is 0.536. The Morgan fingerprint density at radius 1 is 0.930 bits per heavy atom. The maximum absolute atomic E-state index is 16.2. The number of carbonyl (C=O) groups excluding carboxylic acids is 2. The Hall–Kier alpha value is -1.55. The second kappa shape index (κ2) is 12.7. The van der Waals surface area contributed by atoms with E-state index in [1.807, 2.05) is 6.20 Å². The smallest absolute Gasteiger partial charge is 0.256 e. The molecule has 2 N–H and O–H groups in total. The van der Waals surface area contributed by atoms with E-state index in [4.69, 9.17) is 4.74 Å². The highest BCUT2D eigenvalue weighted by molar-refractivity contribution is 6.20. The van der Waals surface area contributed by atoms with E-state index in [0.29, 0.717) is 30.5 Å². The van der Waals surface area contributed by atoms with Crippen LogP contribution in [0.3, 0.4) is 0 Å². The van der Waals surface area contributed by atoms with Gasteiger partial charge in [-0.05, 0) is 110 Å². The highest BCUT2D eigenvalue weighted by atomic mass is 19.1. The maximum atomic E-state index is 16.2. The topological polar surface area (TPSA) is 77.2 Å². The van der Waals surface area contributed by atoms with Gasteiger partial charge in [-0.3, -0.25) is 9.59 Å². The van der Waals surface area contributed by atoms with Gasteiger partial charge >= 0.3 is 0 Å². The summed E-state index contributed by atoms with van der Waals surface area (Å²) >= 11 is 0. The van der Waals surface area contributed by atoms with Crippen LogP contribution in [0.15, 0.2) is 11.8 Å². The number of halogens is 1. The van der Waals surface area contributed by atoms with Crippen LogP contribution in [0.5, 0.6) is 0 Å². The minimum Gasteiger partial charge on any atom is -0.369 e. The number of amides is 1. The van der Waals surface area contributed by atoms with Crippen LogP contribution in [0.4, 0.5) is 4.39 Å². The van der Waals surface area contributed by atoms with E-state index in [9.17, 15) is 9.59 Å². The molecule has 3 saturated heterocycles. The van der Waals surface area contributed by atoms with Gasteiger partial charge in [0.05, 0.1) is 35.9 Å². The van der Waals surface area contributed by atoms with E-state index in [1.54, 1.807) is 0 Å². The Balaban J connectivity index is 1.12. The first-order chi connectivity index (χ1) is 20.9. The number of hydrogen-bond acceptors (Lipinski definition) is 7. The molecule has 3 saturated carbocycles. The van der Waals surface area contributed by atoms with Crippen molar-refractivity contribution in [3.63, 3.8) is 0 Å². The molecule has 7 rings (SSSR count). The Bertz CT molecular complexity index is 1070. The van der Waals surface area contributed by atoms with Gasteiger partial charge in [0.1, 0.15) is 6.17 Å². The molecular weight excluding hydrogens is 545 g/mol. The van der Waals surface area contributed by atoms with E-state index in [1.165, 1.54) is 44.9 Å². The monoisotopic (exact) mass is 599 g/mol. The number of ketones is 1. The van der Waals surface area contributed by atoms with Crippen LogP contribution in [0.25, 0.3) is 0 Å². The fourth-order valence-corrected chi connectivity index (χ4v) is 10.3. The lowest BCUT2D eigenvalue weighted by atomic mass is 9.64. The first-order valence-corrected chi connectivity index (χ1v) is 17.7. The third kappa shape index (κ3) is 5.70. The van der Waals surface area contributed by atoms with E-state index in [0.717, 1.165) is 51.7 Å². The molecule has 8 nitrogen and oxygen atoms in total. The third-order valence-electron chi connectivity index (χ3n) is 12.7. The molecule has 1 amide bonds. The van der Waals surface area contributed by atoms with Crippen molar-refractivity contribution in [2.24, 2.45) is 17.8 Å². The van der Waals surface area contributed by atoms with Crippen LogP contribution in [-0.2, 0) is 14.3 Å². The highest BCUT2D eigenvalue weighted by Gasteiger charge is 2.60. The van der Waals surface area contributed by atoms with E-state index in [-0.39, 0.29) is 48.0 Å². The molecule has 6 fully saturated rings. The molecule has 0 aromatic carbocycles. The average molecular weight is 600 g/mol. The van der Waals surface area contributed by atoms with Gasteiger partial charge in [0.15, 0.2) is 5.78 Å². The van der Waals surface area contributed by atoms with E-state index in [2.05, 4.69) is 39.4 Å². The summed E-state index contributed by atoms with van der Waals surface area (Å²) in [6.45, 7) is 3.55. The second-order valence-electron chi connectivity index (χ2n) is 15.0. The summed E-state index contributed by atoms with van der Waals surface area (Å²) in [5, 5.41) is 6.69. The van der Waals surface area contributed by atoms with Gasteiger partial charge in [0, 0.05) is 30.7 Å². The fourth-order valence-electron chi connectivity index (χ4n) is 10.3.